The Bertz CT molecular complexity index is 1160. The molecule has 11 heteroatoms. The van der Waals surface area contributed by atoms with Gasteiger partial charge < -0.3 is 10.6 Å². The second-order valence-corrected chi connectivity index (χ2v) is 7.95. The lowest BCUT2D eigenvalue weighted by atomic mass is 10.1. The molecule has 1 saturated heterocycles. The minimum Gasteiger partial charge on any atom is -0.341 e. The summed E-state index contributed by atoms with van der Waals surface area (Å²) >= 11 is 5.88. The smallest absolute Gasteiger partial charge is 0.321 e. The number of nitrogens with zero attached hydrogens (tertiary/aromatic N) is 4. The number of aromatic nitrogens is 3. The second-order valence-electron chi connectivity index (χ2n) is 7.52. The van der Waals surface area contributed by atoms with Crippen LogP contribution in [0, 0.1) is 0 Å². The Balaban J connectivity index is 1.30. The summed E-state index contributed by atoms with van der Waals surface area (Å²) in [6.45, 7) is 3.42. The Kier molecular flexibility index (Phi) is 6.55. The number of carbonyl (C=O) groups excluding carboxylic acids is 3. The Hall–Kier alpha value is -3.92. The number of urea groups is 1. The van der Waals surface area contributed by atoms with E-state index in [0.29, 0.717) is 24.7 Å². The summed E-state index contributed by atoms with van der Waals surface area (Å²) in [6, 6.07) is 14.0. The van der Waals surface area contributed by atoms with Crippen molar-refractivity contribution < 1.29 is 14.4 Å². The van der Waals surface area contributed by atoms with Gasteiger partial charge in [-0.2, -0.15) is 0 Å². The molecule has 2 aromatic carbocycles. The van der Waals surface area contributed by atoms with Crippen molar-refractivity contribution in [1.29, 1.82) is 0 Å². The monoisotopic (exact) mass is 467 g/mol. The normalized spacial score (nSPS) is 14.0. The fraction of sp³-hybridized carbons (Fsp3) is 0.227. The van der Waals surface area contributed by atoms with Crippen molar-refractivity contribution in [3.63, 3.8) is 0 Å². The standard InChI is InChI=1S/C22H22ClN7O3/c1-14(16-4-8-18(9-5-16)30-11-10-24-22(30)33)26-19(31)20(32)27-21-25-13-29(28-21)12-15-2-6-17(23)7-3-15/h2-9,13-14H,10-12H2,1H3,(H,24,33)(H,26,31)(H,27,28,32). The number of benzene rings is 2. The molecule has 0 saturated carbocycles. The summed E-state index contributed by atoms with van der Waals surface area (Å²) in [6.07, 6.45) is 1.47. The number of rotatable bonds is 6. The molecule has 1 fully saturated rings. The second kappa shape index (κ2) is 9.70. The van der Waals surface area contributed by atoms with E-state index in [1.54, 1.807) is 40.8 Å². The molecule has 0 spiro atoms. The van der Waals surface area contributed by atoms with Crippen LogP contribution in [0.3, 0.4) is 0 Å². The maximum atomic E-state index is 12.3. The highest BCUT2D eigenvalue weighted by molar-refractivity contribution is 6.39. The summed E-state index contributed by atoms with van der Waals surface area (Å²) in [5, 5.41) is 12.6. The van der Waals surface area contributed by atoms with Gasteiger partial charge in [0.2, 0.25) is 5.95 Å². The molecule has 33 heavy (non-hydrogen) atoms. The summed E-state index contributed by atoms with van der Waals surface area (Å²) in [4.78, 5) is 42.0. The number of anilines is 2. The number of carbonyl (C=O) groups is 3. The van der Waals surface area contributed by atoms with Gasteiger partial charge in [-0.05, 0) is 42.3 Å². The van der Waals surface area contributed by atoms with Crippen molar-refractivity contribution in [3.05, 3.63) is 71.0 Å². The van der Waals surface area contributed by atoms with Gasteiger partial charge in [0.25, 0.3) is 0 Å². The zero-order valence-corrected chi connectivity index (χ0v) is 18.5. The molecule has 3 aromatic rings. The van der Waals surface area contributed by atoms with Crippen molar-refractivity contribution in [3.8, 4) is 0 Å². The molecule has 1 aliphatic rings. The van der Waals surface area contributed by atoms with E-state index in [4.69, 9.17) is 11.6 Å². The first-order chi connectivity index (χ1) is 15.9. The third-order valence-electron chi connectivity index (χ3n) is 5.14. The van der Waals surface area contributed by atoms with Crippen LogP contribution in [-0.2, 0) is 16.1 Å². The van der Waals surface area contributed by atoms with Gasteiger partial charge in [0.15, 0.2) is 0 Å². The maximum Gasteiger partial charge on any atom is 0.321 e. The Morgan fingerprint density at radius 3 is 2.52 bits per heavy atom. The SMILES string of the molecule is CC(NC(=O)C(=O)Nc1ncn(Cc2ccc(Cl)cc2)n1)c1ccc(N2CCNC2=O)cc1. The summed E-state index contributed by atoms with van der Waals surface area (Å²) in [5.74, 6) is -1.64. The first-order valence-electron chi connectivity index (χ1n) is 10.3. The minimum absolute atomic E-state index is 0.0324. The highest BCUT2D eigenvalue weighted by atomic mass is 35.5. The molecule has 1 unspecified atom stereocenters. The molecule has 170 valence electrons. The number of halogens is 1. The fourth-order valence-electron chi connectivity index (χ4n) is 3.37. The lowest BCUT2D eigenvalue weighted by Gasteiger charge is -2.17. The Morgan fingerprint density at radius 2 is 1.85 bits per heavy atom. The zero-order chi connectivity index (χ0) is 23.4. The highest BCUT2D eigenvalue weighted by Crippen LogP contribution is 2.20. The van der Waals surface area contributed by atoms with Crippen molar-refractivity contribution in [1.82, 2.24) is 25.4 Å². The van der Waals surface area contributed by atoms with Crippen molar-refractivity contribution in [2.75, 3.05) is 23.3 Å². The number of hydrogen-bond donors (Lipinski definition) is 3. The van der Waals surface area contributed by atoms with Gasteiger partial charge in [0, 0.05) is 23.8 Å². The Morgan fingerprint density at radius 1 is 1.12 bits per heavy atom. The predicted octanol–water partition coefficient (Wildman–Crippen LogP) is 2.33. The third-order valence-corrected chi connectivity index (χ3v) is 5.39. The fourth-order valence-corrected chi connectivity index (χ4v) is 3.50. The predicted molar refractivity (Wildman–Crippen MR) is 123 cm³/mol. The van der Waals surface area contributed by atoms with Gasteiger partial charge >= 0.3 is 17.8 Å². The van der Waals surface area contributed by atoms with Gasteiger partial charge in [-0.1, -0.05) is 35.9 Å². The van der Waals surface area contributed by atoms with E-state index in [2.05, 4.69) is 26.0 Å². The van der Waals surface area contributed by atoms with Crippen LogP contribution in [-0.4, -0.2) is 45.7 Å². The van der Waals surface area contributed by atoms with Gasteiger partial charge in [0.1, 0.15) is 6.33 Å². The van der Waals surface area contributed by atoms with Crippen molar-refractivity contribution >= 4 is 41.1 Å². The Labute approximate surface area is 194 Å². The largest absolute Gasteiger partial charge is 0.341 e. The maximum absolute atomic E-state index is 12.3. The van der Waals surface area contributed by atoms with E-state index in [9.17, 15) is 14.4 Å². The molecule has 1 aromatic heterocycles. The van der Waals surface area contributed by atoms with Crippen LogP contribution in [0.2, 0.25) is 5.02 Å². The molecule has 0 bridgehead atoms. The molecule has 10 nitrogen and oxygen atoms in total. The molecule has 1 atom stereocenters. The number of hydrogen-bond acceptors (Lipinski definition) is 5. The van der Waals surface area contributed by atoms with Crippen LogP contribution in [0.5, 0.6) is 0 Å². The van der Waals surface area contributed by atoms with Crippen LogP contribution >= 0.6 is 11.6 Å². The van der Waals surface area contributed by atoms with E-state index in [1.807, 2.05) is 24.3 Å². The zero-order valence-electron chi connectivity index (χ0n) is 17.8. The lowest BCUT2D eigenvalue weighted by molar-refractivity contribution is -0.136. The van der Waals surface area contributed by atoms with Gasteiger partial charge in [-0.25, -0.2) is 14.5 Å². The van der Waals surface area contributed by atoms with E-state index in [1.165, 1.54) is 6.33 Å². The molecule has 0 radical (unpaired) electrons. The van der Waals surface area contributed by atoms with Crippen molar-refractivity contribution in [2.45, 2.75) is 19.5 Å². The average molecular weight is 468 g/mol. The van der Waals surface area contributed by atoms with Crippen LogP contribution in [0.15, 0.2) is 54.9 Å². The molecular formula is C22H22ClN7O3. The molecule has 3 N–H and O–H groups in total. The summed E-state index contributed by atoms with van der Waals surface area (Å²) in [7, 11) is 0. The number of amides is 4. The lowest BCUT2D eigenvalue weighted by Crippen LogP contribution is -2.37. The van der Waals surface area contributed by atoms with Crippen LogP contribution < -0.4 is 20.9 Å². The van der Waals surface area contributed by atoms with Crippen LogP contribution in [0.1, 0.15) is 24.1 Å². The van der Waals surface area contributed by atoms with Gasteiger partial charge in [-0.3, -0.25) is 19.8 Å². The van der Waals surface area contributed by atoms with Gasteiger partial charge in [-0.15, -0.1) is 5.10 Å². The quantitative estimate of drug-likeness (QED) is 0.480. The van der Waals surface area contributed by atoms with E-state index in [-0.39, 0.29) is 12.0 Å². The van der Waals surface area contributed by atoms with E-state index < -0.39 is 17.9 Å². The van der Waals surface area contributed by atoms with E-state index in [0.717, 1.165) is 16.8 Å². The molecule has 0 aliphatic carbocycles. The average Bonchev–Trinajstić information content (AvgIpc) is 3.44. The highest BCUT2D eigenvalue weighted by Gasteiger charge is 2.22. The molecule has 1 aliphatic heterocycles. The molecular weight excluding hydrogens is 446 g/mol. The van der Waals surface area contributed by atoms with E-state index >= 15 is 0 Å². The number of nitrogens with one attached hydrogen (secondary N) is 3. The van der Waals surface area contributed by atoms with Gasteiger partial charge in [0.05, 0.1) is 12.6 Å². The third kappa shape index (κ3) is 5.47. The molecule has 2 heterocycles. The molecule has 4 amide bonds. The first-order valence-corrected chi connectivity index (χ1v) is 10.7. The molecule has 4 rings (SSSR count). The van der Waals surface area contributed by atoms with Crippen molar-refractivity contribution in [2.24, 2.45) is 0 Å². The van der Waals surface area contributed by atoms with Crippen LogP contribution in [0.4, 0.5) is 16.4 Å². The summed E-state index contributed by atoms with van der Waals surface area (Å²) < 4.78 is 1.54. The minimum atomic E-state index is -0.864. The first kappa shape index (κ1) is 22.3. The summed E-state index contributed by atoms with van der Waals surface area (Å²) in [5.41, 5.74) is 2.53. The van der Waals surface area contributed by atoms with Crippen LogP contribution in [0.25, 0.3) is 0 Å². The topological polar surface area (TPSA) is 121 Å².